The highest BCUT2D eigenvalue weighted by molar-refractivity contribution is 6.30. The number of halogens is 1. The number of anilines is 1. The molecule has 0 aliphatic rings. The van der Waals surface area contributed by atoms with Crippen molar-refractivity contribution >= 4 is 34.2 Å². The number of pyridine rings is 1. The molecule has 158 valence electrons. The molecule has 0 spiro atoms. The van der Waals surface area contributed by atoms with Crippen molar-refractivity contribution in [3.8, 4) is 0 Å². The number of quaternary nitrogens is 1. The van der Waals surface area contributed by atoms with Crippen LogP contribution in [-0.4, -0.2) is 43.1 Å². The van der Waals surface area contributed by atoms with Gasteiger partial charge in [0.25, 0.3) is 5.56 Å². The molecule has 7 heteroatoms. The summed E-state index contributed by atoms with van der Waals surface area (Å²) < 4.78 is 0. The standard InChI is InChI=1S/C23H27ClN4O2/c1-4-16-5-10-21-17(13-16)14-18(22(29)26-21)15-28(12-11-27(2)3)23(30)25-20-8-6-19(24)7-9-20/h5-10,13-14H,4,11-12,15H2,1-3H3,(H,25,30)(H,26,29)/p+1. The Labute approximate surface area is 181 Å². The first kappa shape index (κ1) is 21.9. The van der Waals surface area contributed by atoms with Crippen molar-refractivity contribution in [2.24, 2.45) is 0 Å². The van der Waals surface area contributed by atoms with Gasteiger partial charge in [0.15, 0.2) is 0 Å². The second-order valence-electron chi connectivity index (χ2n) is 7.71. The van der Waals surface area contributed by atoms with Crippen LogP contribution in [0.15, 0.2) is 53.3 Å². The van der Waals surface area contributed by atoms with Gasteiger partial charge in [0.2, 0.25) is 0 Å². The highest BCUT2D eigenvalue weighted by Crippen LogP contribution is 2.17. The average Bonchev–Trinajstić information content (AvgIpc) is 2.72. The normalized spacial score (nSPS) is 11.1. The van der Waals surface area contributed by atoms with Crippen molar-refractivity contribution in [2.75, 3.05) is 32.5 Å². The molecule has 2 amide bonds. The molecule has 0 atom stereocenters. The maximum absolute atomic E-state index is 13.0. The van der Waals surface area contributed by atoms with E-state index in [1.54, 1.807) is 29.2 Å². The third-order valence-corrected chi connectivity index (χ3v) is 5.27. The number of nitrogens with zero attached hydrogens (tertiary/aromatic N) is 1. The molecule has 3 aromatic rings. The molecule has 30 heavy (non-hydrogen) atoms. The van der Waals surface area contributed by atoms with Crippen LogP contribution in [0.1, 0.15) is 18.1 Å². The summed E-state index contributed by atoms with van der Waals surface area (Å²) in [7, 11) is 4.06. The SMILES string of the molecule is CCc1ccc2[nH]c(=O)c(CN(CC[NH+](C)C)C(=O)Nc3ccc(Cl)cc3)cc2c1. The van der Waals surface area contributed by atoms with Gasteiger partial charge in [0.05, 0.1) is 33.7 Å². The van der Waals surface area contributed by atoms with Gasteiger partial charge < -0.3 is 20.1 Å². The first-order valence-corrected chi connectivity index (χ1v) is 10.5. The summed E-state index contributed by atoms with van der Waals surface area (Å²) in [6, 6.07) is 14.6. The number of H-pyrrole nitrogens is 1. The van der Waals surface area contributed by atoms with Crippen molar-refractivity contribution in [1.29, 1.82) is 0 Å². The summed E-state index contributed by atoms with van der Waals surface area (Å²) in [5.74, 6) is 0. The molecule has 3 N–H and O–H groups in total. The number of fused-ring (bicyclic) bond motifs is 1. The number of nitrogens with one attached hydrogen (secondary N) is 3. The van der Waals surface area contributed by atoms with Crippen molar-refractivity contribution in [3.63, 3.8) is 0 Å². The Balaban J connectivity index is 1.86. The molecule has 2 aromatic carbocycles. The first-order valence-electron chi connectivity index (χ1n) is 10.1. The van der Waals surface area contributed by atoms with Gasteiger partial charge in [-0.2, -0.15) is 0 Å². The van der Waals surface area contributed by atoms with Crippen LogP contribution >= 0.6 is 11.6 Å². The van der Waals surface area contributed by atoms with Crippen LogP contribution in [0.2, 0.25) is 5.02 Å². The van der Waals surface area contributed by atoms with E-state index in [0.717, 1.165) is 23.9 Å². The largest absolute Gasteiger partial charge is 0.338 e. The fourth-order valence-electron chi connectivity index (χ4n) is 3.19. The smallest absolute Gasteiger partial charge is 0.322 e. The number of rotatable bonds is 7. The predicted molar refractivity (Wildman–Crippen MR) is 123 cm³/mol. The van der Waals surface area contributed by atoms with Crippen LogP contribution in [0.4, 0.5) is 10.5 Å². The maximum Gasteiger partial charge on any atom is 0.322 e. The average molecular weight is 428 g/mol. The quantitative estimate of drug-likeness (QED) is 0.542. The maximum atomic E-state index is 13.0. The van der Waals surface area contributed by atoms with E-state index in [-0.39, 0.29) is 18.1 Å². The monoisotopic (exact) mass is 427 g/mol. The third-order valence-electron chi connectivity index (χ3n) is 5.02. The minimum Gasteiger partial charge on any atom is -0.338 e. The van der Waals surface area contributed by atoms with Crippen LogP contribution in [0.5, 0.6) is 0 Å². The van der Waals surface area contributed by atoms with Crippen molar-refractivity contribution < 1.29 is 9.69 Å². The van der Waals surface area contributed by atoms with Crippen LogP contribution in [0.25, 0.3) is 10.9 Å². The zero-order valence-corrected chi connectivity index (χ0v) is 18.3. The van der Waals surface area contributed by atoms with E-state index < -0.39 is 0 Å². The van der Waals surface area contributed by atoms with Gasteiger partial charge in [-0.15, -0.1) is 0 Å². The Bertz CT molecular complexity index is 1080. The van der Waals surface area contributed by atoms with Gasteiger partial charge >= 0.3 is 6.03 Å². The number of benzene rings is 2. The Morgan fingerprint density at radius 3 is 2.53 bits per heavy atom. The molecule has 0 bridgehead atoms. The van der Waals surface area contributed by atoms with E-state index in [1.165, 1.54) is 10.5 Å². The number of aromatic amines is 1. The van der Waals surface area contributed by atoms with Crippen LogP contribution in [0.3, 0.4) is 0 Å². The summed E-state index contributed by atoms with van der Waals surface area (Å²) in [6.07, 6.45) is 0.922. The zero-order chi connectivity index (χ0) is 21.7. The highest BCUT2D eigenvalue weighted by Gasteiger charge is 2.17. The second kappa shape index (κ2) is 9.78. The molecule has 0 saturated carbocycles. The molecule has 0 radical (unpaired) electrons. The fourth-order valence-corrected chi connectivity index (χ4v) is 3.32. The summed E-state index contributed by atoms with van der Waals surface area (Å²) in [5, 5.41) is 4.47. The Morgan fingerprint density at radius 2 is 1.87 bits per heavy atom. The van der Waals surface area contributed by atoms with Crippen molar-refractivity contribution in [3.05, 3.63) is 75.0 Å². The summed E-state index contributed by atoms with van der Waals surface area (Å²) >= 11 is 5.93. The molecule has 3 rings (SSSR count). The zero-order valence-electron chi connectivity index (χ0n) is 17.6. The summed E-state index contributed by atoms with van der Waals surface area (Å²) in [4.78, 5) is 31.4. The Kier molecular flexibility index (Phi) is 7.13. The fraction of sp³-hybridized carbons (Fsp3) is 0.304. The molecule has 0 saturated heterocycles. The van der Waals surface area contributed by atoms with E-state index in [9.17, 15) is 9.59 Å². The number of hydrogen-bond donors (Lipinski definition) is 3. The van der Waals surface area contributed by atoms with Crippen molar-refractivity contribution in [2.45, 2.75) is 19.9 Å². The Morgan fingerprint density at radius 1 is 1.13 bits per heavy atom. The molecule has 0 aliphatic heterocycles. The van der Waals surface area contributed by atoms with Gasteiger partial charge in [-0.1, -0.05) is 24.6 Å². The predicted octanol–water partition coefficient (Wildman–Crippen LogP) is 2.92. The minimum atomic E-state index is -0.250. The van der Waals surface area contributed by atoms with Gasteiger partial charge in [0, 0.05) is 21.8 Å². The van der Waals surface area contributed by atoms with Crippen LogP contribution in [0, 0.1) is 0 Å². The lowest BCUT2D eigenvalue weighted by Gasteiger charge is -2.23. The third kappa shape index (κ3) is 5.62. The molecular weight excluding hydrogens is 400 g/mol. The summed E-state index contributed by atoms with van der Waals surface area (Å²) in [6.45, 7) is 3.61. The van der Waals surface area contributed by atoms with Crippen LogP contribution < -0.4 is 15.8 Å². The van der Waals surface area contributed by atoms with E-state index in [1.807, 2.05) is 32.3 Å². The number of carbonyl (C=O) groups is 1. The van der Waals surface area contributed by atoms with Crippen molar-refractivity contribution in [1.82, 2.24) is 9.88 Å². The summed E-state index contributed by atoms with van der Waals surface area (Å²) in [5.41, 5.74) is 3.06. The van der Waals surface area contributed by atoms with E-state index in [4.69, 9.17) is 11.6 Å². The number of hydrogen-bond acceptors (Lipinski definition) is 2. The number of aryl methyl sites for hydroxylation is 1. The van der Waals surface area contributed by atoms with E-state index in [2.05, 4.69) is 23.3 Å². The van der Waals surface area contributed by atoms with E-state index >= 15 is 0 Å². The molecule has 6 nitrogen and oxygen atoms in total. The number of aromatic nitrogens is 1. The van der Waals surface area contributed by atoms with Crippen LogP contribution in [-0.2, 0) is 13.0 Å². The number of likely N-dealkylation sites (N-methyl/N-ethyl adjacent to an activating group) is 1. The second-order valence-corrected chi connectivity index (χ2v) is 8.15. The molecule has 1 heterocycles. The van der Waals surface area contributed by atoms with Gasteiger partial charge in [0.1, 0.15) is 0 Å². The molecule has 0 unspecified atom stereocenters. The first-order chi connectivity index (χ1) is 14.4. The number of amides is 2. The molecular formula is C23H28ClN4O2+. The molecule has 1 aromatic heterocycles. The highest BCUT2D eigenvalue weighted by atomic mass is 35.5. The number of urea groups is 1. The van der Waals surface area contributed by atoms with Gasteiger partial charge in [-0.25, -0.2) is 4.79 Å². The van der Waals surface area contributed by atoms with Gasteiger partial charge in [-0.3, -0.25) is 4.79 Å². The lowest BCUT2D eigenvalue weighted by Crippen LogP contribution is -3.06. The molecule has 0 fully saturated rings. The Hall–Kier alpha value is -2.83. The minimum absolute atomic E-state index is 0.173. The lowest BCUT2D eigenvalue weighted by molar-refractivity contribution is -0.857. The molecule has 0 aliphatic carbocycles. The number of carbonyl (C=O) groups excluding carboxylic acids is 1. The van der Waals surface area contributed by atoms with E-state index in [0.29, 0.717) is 22.8 Å². The lowest BCUT2D eigenvalue weighted by atomic mass is 10.1. The van der Waals surface area contributed by atoms with Gasteiger partial charge in [-0.05, 0) is 59.8 Å². The topological polar surface area (TPSA) is 69.6 Å².